The summed E-state index contributed by atoms with van der Waals surface area (Å²) in [5, 5.41) is 17.6. The van der Waals surface area contributed by atoms with E-state index in [9.17, 15) is 9.50 Å². The van der Waals surface area contributed by atoms with Gasteiger partial charge in [0.15, 0.2) is 11.6 Å². The number of nitrogens with zero attached hydrogens (tertiary/aromatic N) is 1. The number of para-hydroxylation sites is 1. The first kappa shape index (κ1) is 25.2. The molecule has 0 amide bonds. The van der Waals surface area contributed by atoms with Gasteiger partial charge in [0.05, 0.1) is 18.1 Å². The summed E-state index contributed by atoms with van der Waals surface area (Å²) >= 11 is 0. The number of hydrogen-bond acceptors (Lipinski definition) is 8. The molecule has 1 fully saturated rings. The van der Waals surface area contributed by atoms with Gasteiger partial charge in [0, 0.05) is 47.6 Å². The standard InChI is InChI=1S/C25H33FN6O2/c1-14(13-34-23-7-5-4-6-18(23)26)22(12-30-3)32-25(29)17(11-27)24(33)21-10-16-15(2)19(28)8-9-20(16)31-21/h4-9,12-13,16,20-21,24,31-33H,3,10-11,27-29H2,1-2H3/b14-13-,22-12+,25-17+. The number of benzene rings is 1. The first-order valence-electron chi connectivity index (χ1n) is 11.0. The normalized spacial score (nSPS) is 24.4. The van der Waals surface area contributed by atoms with Crippen molar-refractivity contribution in [3.8, 4) is 5.75 Å². The fraction of sp³-hybridized carbons (Fsp3) is 0.320. The van der Waals surface area contributed by atoms with Crippen LogP contribution in [0.25, 0.3) is 0 Å². The summed E-state index contributed by atoms with van der Waals surface area (Å²) in [7, 11) is 0. The van der Waals surface area contributed by atoms with Crippen molar-refractivity contribution in [2.75, 3.05) is 6.54 Å². The van der Waals surface area contributed by atoms with Crippen LogP contribution in [-0.2, 0) is 0 Å². The lowest BCUT2D eigenvalue weighted by Crippen LogP contribution is -2.42. The molecular formula is C25H33FN6O2. The van der Waals surface area contributed by atoms with Gasteiger partial charge in [0.2, 0.25) is 0 Å². The summed E-state index contributed by atoms with van der Waals surface area (Å²) in [6.45, 7) is 7.29. The largest absolute Gasteiger partial charge is 0.462 e. The zero-order valence-electron chi connectivity index (χ0n) is 19.5. The molecule has 1 aromatic rings. The van der Waals surface area contributed by atoms with Crippen LogP contribution in [-0.4, -0.2) is 36.6 Å². The number of halogens is 1. The Labute approximate surface area is 199 Å². The Morgan fingerprint density at radius 3 is 2.85 bits per heavy atom. The molecule has 0 saturated carbocycles. The van der Waals surface area contributed by atoms with Gasteiger partial charge in [0.25, 0.3) is 0 Å². The number of aliphatic hydroxyl groups is 1. The third kappa shape index (κ3) is 5.56. The number of nitrogens with one attached hydrogen (secondary N) is 2. The fourth-order valence-corrected chi connectivity index (χ4v) is 4.20. The van der Waals surface area contributed by atoms with Crippen molar-refractivity contribution in [2.24, 2.45) is 28.1 Å². The highest BCUT2D eigenvalue weighted by Gasteiger charge is 2.39. The Hall–Kier alpha value is -3.40. The SMILES string of the molecule is C=N/C=C(N/C(N)=C(\CN)C(O)C1CC2C(C)=C(N)C=CC2N1)\C(C)=C/Oc1ccccc1F. The molecule has 2 aliphatic rings. The molecule has 9 N–H and O–H groups in total. The molecule has 0 radical (unpaired) electrons. The van der Waals surface area contributed by atoms with Crippen molar-refractivity contribution >= 4 is 6.72 Å². The lowest BCUT2D eigenvalue weighted by Gasteiger charge is -2.24. The lowest BCUT2D eigenvalue weighted by molar-refractivity contribution is 0.164. The summed E-state index contributed by atoms with van der Waals surface area (Å²) in [4.78, 5) is 3.80. The molecule has 34 heavy (non-hydrogen) atoms. The Bertz CT molecular complexity index is 1070. The molecule has 1 aliphatic carbocycles. The van der Waals surface area contributed by atoms with E-state index in [1.54, 1.807) is 19.1 Å². The maximum absolute atomic E-state index is 13.8. The van der Waals surface area contributed by atoms with Gasteiger partial charge in [-0.1, -0.05) is 18.2 Å². The van der Waals surface area contributed by atoms with Gasteiger partial charge in [-0.05, 0) is 50.8 Å². The van der Waals surface area contributed by atoms with Crippen LogP contribution >= 0.6 is 0 Å². The summed E-state index contributed by atoms with van der Waals surface area (Å²) < 4.78 is 19.3. The molecule has 1 saturated heterocycles. The lowest BCUT2D eigenvalue weighted by atomic mass is 9.85. The number of fused-ring (bicyclic) bond motifs is 1. The Balaban J connectivity index is 1.76. The van der Waals surface area contributed by atoms with Gasteiger partial charge in [-0.3, -0.25) is 4.99 Å². The quantitative estimate of drug-likeness (QED) is 0.184. The number of aliphatic hydroxyl groups excluding tert-OH is 1. The van der Waals surface area contributed by atoms with E-state index in [2.05, 4.69) is 22.3 Å². The van der Waals surface area contributed by atoms with Crippen LogP contribution in [0.3, 0.4) is 0 Å². The van der Waals surface area contributed by atoms with Crippen LogP contribution in [0.1, 0.15) is 20.3 Å². The molecule has 9 heteroatoms. The van der Waals surface area contributed by atoms with E-state index in [4.69, 9.17) is 21.9 Å². The average molecular weight is 469 g/mol. The van der Waals surface area contributed by atoms with Gasteiger partial charge < -0.3 is 37.7 Å². The van der Waals surface area contributed by atoms with E-state index in [-0.39, 0.29) is 36.1 Å². The van der Waals surface area contributed by atoms with Crippen molar-refractivity contribution in [3.05, 3.63) is 88.6 Å². The molecule has 0 aromatic heterocycles. The Morgan fingerprint density at radius 1 is 1.44 bits per heavy atom. The minimum atomic E-state index is -0.914. The van der Waals surface area contributed by atoms with E-state index < -0.39 is 11.9 Å². The molecule has 182 valence electrons. The highest BCUT2D eigenvalue weighted by Crippen LogP contribution is 2.34. The Morgan fingerprint density at radius 2 is 2.18 bits per heavy atom. The van der Waals surface area contributed by atoms with Gasteiger partial charge >= 0.3 is 0 Å². The number of hydrogen-bond donors (Lipinski definition) is 6. The minimum absolute atomic E-state index is 0.0452. The van der Waals surface area contributed by atoms with E-state index >= 15 is 0 Å². The third-order valence-corrected chi connectivity index (χ3v) is 6.26. The monoisotopic (exact) mass is 468 g/mol. The van der Waals surface area contributed by atoms with Gasteiger partial charge in [0.1, 0.15) is 5.82 Å². The average Bonchev–Trinajstić information content (AvgIpc) is 3.26. The molecule has 1 aliphatic heterocycles. The summed E-state index contributed by atoms with van der Waals surface area (Å²) in [6.07, 6.45) is 6.53. The molecular weight excluding hydrogens is 435 g/mol. The summed E-state index contributed by atoms with van der Waals surface area (Å²) in [5.41, 5.74) is 21.7. The van der Waals surface area contributed by atoms with Crippen molar-refractivity contribution in [1.29, 1.82) is 0 Å². The maximum Gasteiger partial charge on any atom is 0.165 e. The fourth-order valence-electron chi connectivity index (χ4n) is 4.20. The van der Waals surface area contributed by atoms with Crippen molar-refractivity contribution in [3.63, 3.8) is 0 Å². The third-order valence-electron chi connectivity index (χ3n) is 6.26. The molecule has 4 unspecified atom stereocenters. The van der Waals surface area contributed by atoms with Crippen molar-refractivity contribution in [1.82, 2.24) is 10.6 Å². The molecule has 0 spiro atoms. The maximum atomic E-state index is 13.8. The van der Waals surface area contributed by atoms with Crippen LogP contribution in [0.5, 0.6) is 5.75 Å². The van der Waals surface area contributed by atoms with E-state index in [1.807, 2.05) is 19.1 Å². The minimum Gasteiger partial charge on any atom is -0.462 e. The van der Waals surface area contributed by atoms with Crippen LogP contribution in [0, 0.1) is 11.7 Å². The van der Waals surface area contributed by atoms with Crippen molar-refractivity contribution < 1.29 is 14.2 Å². The van der Waals surface area contributed by atoms with Crippen LogP contribution in [0.2, 0.25) is 0 Å². The van der Waals surface area contributed by atoms with Crippen molar-refractivity contribution in [2.45, 2.75) is 38.5 Å². The zero-order chi connectivity index (χ0) is 24.8. The Kier molecular flexibility index (Phi) is 8.27. The van der Waals surface area contributed by atoms with E-state index in [0.29, 0.717) is 23.3 Å². The number of rotatable bonds is 9. The van der Waals surface area contributed by atoms with Gasteiger partial charge in [-0.2, -0.15) is 0 Å². The van der Waals surface area contributed by atoms with Gasteiger partial charge in [-0.15, -0.1) is 0 Å². The molecule has 4 atom stereocenters. The number of aliphatic imine (C=N–C) groups is 1. The second-order valence-electron chi connectivity index (χ2n) is 8.43. The predicted molar refractivity (Wildman–Crippen MR) is 133 cm³/mol. The number of nitrogens with two attached hydrogens (primary N) is 3. The highest BCUT2D eigenvalue weighted by molar-refractivity contribution is 5.37. The molecule has 8 nitrogen and oxygen atoms in total. The first-order valence-corrected chi connectivity index (χ1v) is 11.0. The highest BCUT2D eigenvalue weighted by atomic mass is 19.1. The molecule has 0 bridgehead atoms. The second kappa shape index (κ2) is 11.1. The second-order valence-corrected chi connectivity index (χ2v) is 8.43. The predicted octanol–water partition coefficient (Wildman–Crippen LogP) is 1.88. The molecule has 1 heterocycles. The van der Waals surface area contributed by atoms with Gasteiger partial charge in [-0.25, -0.2) is 4.39 Å². The summed E-state index contributed by atoms with van der Waals surface area (Å²) in [6, 6.07) is 5.93. The van der Waals surface area contributed by atoms with E-state index in [1.165, 1.54) is 24.6 Å². The zero-order valence-corrected chi connectivity index (χ0v) is 19.5. The number of ether oxygens (including phenoxy) is 1. The molecule has 1 aromatic carbocycles. The van der Waals surface area contributed by atoms with Crippen LogP contribution in [0.4, 0.5) is 4.39 Å². The van der Waals surface area contributed by atoms with Crippen LogP contribution in [0.15, 0.2) is 87.8 Å². The molecule has 3 rings (SSSR count). The topological polar surface area (TPSA) is 144 Å². The first-order chi connectivity index (χ1) is 16.3. The van der Waals surface area contributed by atoms with Crippen LogP contribution < -0.4 is 32.6 Å². The summed E-state index contributed by atoms with van der Waals surface area (Å²) in [5.74, 6) is 0.00909. The smallest absolute Gasteiger partial charge is 0.165 e. The number of allylic oxidation sites excluding steroid dienone is 2. The van der Waals surface area contributed by atoms with E-state index in [0.717, 1.165) is 11.3 Å².